The molecule has 0 radical (unpaired) electrons. The molecule has 0 aromatic carbocycles. The van der Waals surface area contributed by atoms with Gasteiger partial charge in [-0.1, -0.05) is 6.42 Å². The highest BCUT2D eigenvalue weighted by Gasteiger charge is 2.58. The van der Waals surface area contributed by atoms with Crippen molar-refractivity contribution in [3.8, 4) is 11.6 Å². The van der Waals surface area contributed by atoms with E-state index in [4.69, 9.17) is 15.9 Å². The maximum absolute atomic E-state index is 14.0. The van der Waals surface area contributed by atoms with E-state index in [-0.39, 0.29) is 31.7 Å². The number of nitrogen functional groups attached to an aromatic ring is 1. The van der Waals surface area contributed by atoms with Crippen LogP contribution in [0, 0.1) is 5.92 Å². The van der Waals surface area contributed by atoms with E-state index < -0.39 is 70.7 Å². The third-order valence-electron chi connectivity index (χ3n) is 7.30. The first-order valence-corrected chi connectivity index (χ1v) is 12.3. The van der Waals surface area contributed by atoms with Crippen LogP contribution in [0.1, 0.15) is 73.3 Å². The number of anilines is 1. The molecule has 0 saturated heterocycles. The van der Waals surface area contributed by atoms with Gasteiger partial charge in [-0.25, -0.2) is 4.98 Å². The van der Waals surface area contributed by atoms with Gasteiger partial charge in [-0.3, -0.25) is 4.79 Å². The average molecular weight is 551 g/mol. The lowest BCUT2D eigenvalue weighted by Crippen LogP contribution is -2.44. The van der Waals surface area contributed by atoms with E-state index in [2.05, 4.69) is 15.2 Å². The Morgan fingerprint density at radius 2 is 1.74 bits per heavy atom. The Morgan fingerprint density at radius 3 is 2.34 bits per heavy atom. The Bertz CT molecular complexity index is 1160. The van der Waals surface area contributed by atoms with Crippen molar-refractivity contribution in [1.82, 2.24) is 20.1 Å². The Morgan fingerprint density at radius 1 is 1.05 bits per heavy atom. The first-order valence-electron chi connectivity index (χ1n) is 12.3. The van der Waals surface area contributed by atoms with E-state index in [0.717, 1.165) is 0 Å². The van der Waals surface area contributed by atoms with Crippen molar-refractivity contribution in [2.75, 3.05) is 18.8 Å². The summed E-state index contributed by atoms with van der Waals surface area (Å²) in [6.45, 7) is 0.453. The van der Waals surface area contributed by atoms with Crippen molar-refractivity contribution in [3.63, 3.8) is 0 Å². The van der Waals surface area contributed by atoms with Crippen LogP contribution >= 0.6 is 0 Å². The fourth-order valence-electron chi connectivity index (χ4n) is 5.05. The highest BCUT2D eigenvalue weighted by atomic mass is 19.4. The molecule has 5 N–H and O–H groups in total. The topological polar surface area (TPSA) is 144 Å². The number of amides is 1. The second-order valence-corrected chi connectivity index (χ2v) is 9.81. The van der Waals surface area contributed by atoms with E-state index in [1.54, 1.807) is 0 Å². The van der Waals surface area contributed by atoms with Gasteiger partial charge in [-0.15, -0.1) is 10.2 Å². The molecule has 1 aliphatic heterocycles. The predicted octanol–water partition coefficient (Wildman–Crippen LogP) is 4.02. The second-order valence-electron chi connectivity index (χ2n) is 9.81. The van der Waals surface area contributed by atoms with Gasteiger partial charge in [0, 0.05) is 12.6 Å². The summed E-state index contributed by atoms with van der Waals surface area (Å²) in [5.41, 5.74) is 4.44. The number of nitrogens with zero attached hydrogens (tertiary/aromatic N) is 4. The lowest BCUT2D eigenvalue weighted by Gasteiger charge is -2.37. The highest BCUT2D eigenvalue weighted by Crippen LogP contribution is 2.44. The zero-order valence-corrected chi connectivity index (χ0v) is 20.3. The second kappa shape index (κ2) is 10.3. The number of carbonyl (C=O) groups excluding carboxylic acids is 1. The summed E-state index contributed by atoms with van der Waals surface area (Å²) in [6.07, 6.45) is -8.39. The van der Waals surface area contributed by atoms with Crippen LogP contribution < -0.4 is 11.5 Å². The Kier molecular flexibility index (Phi) is 7.63. The highest BCUT2D eigenvalue weighted by molar-refractivity contribution is 5.95. The van der Waals surface area contributed by atoms with Gasteiger partial charge in [0.25, 0.3) is 17.7 Å². The van der Waals surface area contributed by atoms with Gasteiger partial charge >= 0.3 is 12.4 Å². The number of halogens is 6. The largest absolute Gasteiger partial charge is 0.426 e. The van der Waals surface area contributed by atoms with E-state index in [1.165, 1.54) is 4.90 Å². The van der Waals surface area contributed by atoms with Gasteiger partial charge < -0.3 is 25.9 Å². The number of nitrogens with two attached hydrogens (primary N) is 2. The SMILES string of the molecule is NCC1CCC(N2CCCCC[C@](O)(C(F)(F)F)c3nnc(o3)-c3nc(c(C(F)(F)F)cc3N)C2=O)CC1. The van der Waals surface area contributed by atoms with Gasteiger partial charge in [0.15, 0.2) is 5.69 Å². The lowest BCUT2D eigenvalue weighted by molar-refractivity contribution is -0.277. The van der Waals surface area contributed by atoms with Crippen LogP contribution in [-0.4, -0.2) is 56.4 Å². The molecule has 4 rings (SSSR count). The van der Waals surface area contributed by atoms with E-state index in [1.807, 2.05) is 0 Å². The van der Waals surface area contributed by atoms with Crippen molar-refractivity contribution in [1.29, 1.82) is 0 Å². The fraction of sp³-hybridized carbons (Fsp3) is 0.652. The van der Waals surface area contributed by atoms with E-state index in [0.29, 0.717) is 38.3 Å². The maximum Gasteiger partial charge on any atom is 0.426 e. The van der Waals surface area contributed by atoms with Crippen molar-refractivity contribution >= 4 is 11.6 Å². The number of aromatic nitrogens is 3. The van der Waals surface area contributed by atoms with Crippen molar-refractivity contribution in [2.45, 2.75) is 75.4 Å². The van der Waals surface area contributed by atoms with E-state index >= 15 is 0 Å². The summed E-state index contributed by atoms with van der Waals surface area (Å²) in [7, 11) is 0. The summed E-state index contributed by atoms with van der Waals surface area (Å²) in [4.78, 5) is 18.8. The van der Waals surface area contributed by atoms with Crippen LogP contribution in [0.15, 0.2) is 10.5 Å². The average Bonchev–Trinajstić information content (AvgIpc) is 3.34. The molecule has 1 atom stereocenters. The third-order valence-corrected chi connectivity index (χ3v) is 7.30. The van der Waals surface area contributed by atoms with Gasteiger partial charge in [0.1, 0.15) is 5.69 Å². The number of hydrogen-bond donors (Lipinski definition) is 3. The Hall–Kier alpha value is -2.94. The molecule has 0 unspecified atom stereocenters. The standard InChI is InChI=1S/C23H28F6N6O3/c24-22(25,26)14-10-15(31)17-18-33-34-20(38-18)21(37,23(27,28)29)8-2-1-3-9-35(19(36)16(14)32-17)13-6-4-12(11-30)5-7-13/h10,12-13,37H,1-9,11,30-31H2/t12?,13?,21-/m1/s1. The molecule has 210 valence electrons. The summed E-state index contributed by atoms with van der Waals surface area (Å²) in [6, 6.07) is 0.0781. The lowest BCUT2D eigenvalue weighted by atomic mass is 9.85. The molecule has 2 aromatic rings. The zero-order valence-electron chi connectivity index (χ0n) is 20.3. The molecular formula is C23H28F6N6O3. The van der Waals surface area contributed by atoms with Gasteiger partial charge in [-0.2, -0.15) is 26.3 Å². The first-order chi connectivity index (χ1) is 17.8. The Balaban J connectivity index is 1.84. The molecule has 0 spiro atoms. The third kappa shape index (κ3) is 5.30. The minimum atomic E-state index is -5.18. The molecule has 1 aliphatic carbocycles. The monoisotopic (exact) mass is 550 g/mol. The van der Waals surface area contributed by atoms with Crippen molar-refractivity contribution in [3.05, 3.63) is 23.2 Å². The summed E-state index contributed by atoms with van der Waals surface area (Å²) in [5, 5.41) is 17.3. The molecule has 9 nitrogen and oxygen atoms in total. The zero-order chi connectivity index (χ0) is 27.9. The molecule has 38 heavy (non-hydrogen) atoms. The molecule has 1 amide bonds. The molecule has 1 saturated carbocycles. The number of alkyl halides is 6. The molecule has 3 heterocycles. The fourth-order valence-corrected chi connectivity index (χ4v) is 5.05. The number of aliphatic hydroxyl groups is 1. The minimum absolute atomic E-state index is 0.00167. The van der Waals surface area contributed by atoms with Gasteiger partial charge in [-0.05, 0) is 63.5 Å². The minimum Gasteiger partial charge on any atom is -0.416 e. The molecule has 2 aliphatic rings. The van der Waals surface area contributed by atoms with Crippen LogP contribution in [0.2, 0.25) is 0 Å². The van der Waals surface area contributed by atoms with Crippen LogP contribution in [0.25, 0.3) is 11.6 Å². The number of carbonyl (C=O) groups is 1. The number of hydrogen-bond acceptors (Lipinski definition) is 8. The van der Waals surface area contributed by atoms with E-state index in [9.17, 15) is 36.2 Å². The van der Waals surface area contributed by atoms with Gasteiger partial charge in [0.05, 0.1) is 11.3 Å². The van der Waals surface area contributed by atoms with Crippen LogP contribution in [0.3, 0.4) is 0 Å². The van der Waals surface area contributed by atoms with Crippen LogP contribution in [0.5, 0.6) is 0 Å². The first kappa shape index (κ1) is 28.1. The maximum atomic E-state index is 14.0. The van der Waals surface area contributed by atoms with Crippen LogP contribution in [-0.2, 0) is 11.8 Å². The smallest absolute Gasteiger partial charge is 0.416 e. The molecule has 15 heteroatoms. The molecular weight excluding hydrogens is 522 g/mol. The number of fused-ring (bicyclic) bond motifs is 5. The quantitative estimate of drug-likeness (QED) is 0.476. The summed E-state index contributed by atoms with van der Waals surface area (Å²) in [5.74, 6) is -2.68. The number of rotatable bonds is 2. The molecule has 2 aromatic heterocycles. The summed E-state index contributed by atoms with van der Waals surface area (Å²) < 4.78 is 88.6. The normalized spacial score (nSPS) is 25.8. The van der Waals surface area contributed by atoms with Gasteiger partial charge in [0.2, 0.25) is 5.60 Å². The summed E-state index contributed by atoms with van der Waals surface area (Å²) >= 11 is 0. The predicted molar refractivity (Wildman–Crippen MR) is 121 cm³/mol. The molecule has 1 fully saturated rings. The van der Waals surface area contributed by atoms with Crippen molar-refractivity contribution < 1.29 is 40.7 Å². The van der Waals surface area contributed by atoms with Crippen molar-refractivity contribution in [2.24, 2.45) is 11.7 Å². The Labute approximate surface area is 213 Å². The number of pyridine rings is 1. The molecule has 4 bridgehead atoms. The van der Waals surface area contributed by atoms with Crippen LogP contribution in [0.4, 0.5) is 32.0 Å².